The van der Waals surface area contributed by atoms with Crippen molar-refractivity contribution in [3.8, 4) is 5.69 Å². The van der Waals surface area contributed by atoms with Crippen LogP contribution in [-0.4, -0.2) is 41.2 Å². The van der Waals surface area contributed by atoms with E-state index in [1.165, 1.54) is 22.1 Å². The Labute approximate surface area is 180 Å². The Morgan fingerprint density at radius 1 is 1.23 bits per heavy atom. The standard InChI is InChI=1S/C19H19N7O2S2/c1-3-29-19-24-23-18(30-19)22-15(27)9-10-25-12(2)21-16-14(17(25)28)11-20-26(16)13-7-5-4-6-8-13/h4-8,11H,3,9-10H2,1-2H3,(H,22,23,27). The molecule has 0 spiro atoms. The molecular formula is C19H19N7O2S2. The Hall–Kier alpha value is -3.05. The Kier molecular flexibility index (Phi) is 5.91. The van der Waals surface area contributed by atoms with E-state index < -0.39 is 0 Å². The molecule has 0 saturated carbocycles. The zero-order valence-corrected chi connectivity index (χ0v) is 18.0. The number of hydrogen-bond acceptors (Lipinski definition) is 8. The lowest BCUT2D eigenvalue weighted by Gasteiger charge is -2.10. The third-order valence-electron chi connectivity index (χ3n) is 4.36. The van der Waals surface area contributed by atoms with Gasteiger partial charge in [-0.25, -0.2) is 9.67 Å². The zero-order chi connectivity index (χ0) is 21.1. The maximum Gasteiger partial charge on any atom is 0.264 e. The molecule has 4 aromatic rings. The Bertz CT molecular complexity index is 1250. The molecule has 0 radical (unpaired) electrons. The summed E-state index contributed by atoms with van der Waals surface area (Å²) in [6.07, 6.45) is 1.64. The van der Waals surface area contributed by atoms with Gasteiger partial charge >= 0.3 is 0 Å². The number of nitrogens with zero attached hydrogens (tertiary/aromatic N) is 6. The minimum atomic E-state index is -0.231. The maximum absolute atomic E-state index is 13.0. The number of amides is 1. The minimum absolute atomic E-state index is 0.122. The second kappa shape index (κ2) is 8.76. The summed E-state index contributed by atoms with van der Waals surface area (Å²) >= 11 is 2.90. The van der Waals surface area contributed by atoms with Crippen LogP contribution < -0.4 is 10.9 Å². The molecule has 0 aliphatic rings. The van der Waals surface area contributed by atoms with Gasteiger partial charge in [-0.05, 0) is 24.8 Å². The summed E-state index contributed by atoms with van der Waals surface area (Å²) in [6.45, 7) is 3.99. The fourth-order valence-electron chi connectivity index (χ4n) is 2.97. The molecule has 154 valence electrons. The quantitative estimate of drug-likeness (QED) is 0.347. The van der Waals surface area contributed by atoms with Gasteiger partial charge < -0.3 is 5.32 Å². The van der Waals surface area contributed by atoms with Crippen LogP contribution in [0.1, 0.15) is 19.2 Å². The van der Waals surface area contributed by atoms with Crippen molar-refractivity contribution < 1.29 is 4.79 Å². The van der Waals surface area contributed by atoms with Crippen LogP contribution in [-0.2, 0) is 11.3 Å². The van der Waals surface area contributed by atoms with E-state index in [0.29, 0.717) is 22.0 Å². The molecule has 1 amide bonds. The molecule has 0 saturated heterocycles. The predicted molar refractivity (Wildman–Crippen MR) is 117 cm³/mol. The molecular weight excluding hydrogens is 422 g/mol. The highest BCUT2D eigenvalue weighted by Gasteiger charge is 2.15. The van der Waals surface area contributed by atoms with Crippen molar-refractivity contribution in [1.29, 1.82) is 0 Å². The number of aromatic nitrogens is 6. The average Bonchev–Trinajstić information content (AvgIpc) is 3.35. The lowest BCUT2D eigenvalue weighted by molar-refractivity contribution is -0.116. The van der Waals surface area contributed by atoms with Crippen molar-refractivity contribution in [2.75, 3.05) is 11.1 Å². The molecule has 1 aromatic carbocycles. The van der Waals surface area contributed by atoms with Crippen molar-refractivity contribution in [3.63, 3.8) is 0 Å². The van der Waals surface area contributed by atoms with Crippen molar-refractivity contribution in [3.05, 3.63) is 52.7 Å². The second-order valence-corrected chi connectivity index (χ2v) is 8.84. The van der Waals surface area contributed by atoms with Gasteiger partial charge in [-0.2, -0.15) is 5.10 Å². The van der Waals surface area contributed by atoms with E-state index in [-0.39, 0.29) is 24.4 Å². The molecule has 1 N–H and O–H groups in total. The molecule has 11 heteroatoms. The first kappa shape index (κ1) is 20.2. The molecule has 4 rings (SSSR count). The summed E-state index contributed by atoms with van der Waals surface area (Å²) in [5.41, 5.74) is 1.11. The third-order valence-corrected chi connectivity index (χ3v) is 6.22. The molecule has 3 aromatic heterocycles. The van der Waals surface area contributed by atoms with Crippen LogP contribution in [0.4, 0.5) is 5.13 Å². The average molecular weight is 442 g/mol. The van der Waals surface area contributed by atoms with E-state index in [1.807, 2.05) is 37.3 Å². The first-order valence-corrected chi connectivity index (χ1v) is 11.1. The number of carbonyl (C=O) groups is 1. The largest absolute Gasteiger partial charge is 0.300 e. The fraction of sp³-hybridized carbons (Fsp3) is 0.263. The van der Waals surface area contributed by atoms with E-state index in [2.05, 4.69) is 25.6 Å². The Morgan fingerprint density at radius 3 is 2.80 bits per heavy atom. The van der Waals surface area contributed by atoms with Crippen LogP contribution in [0.2, 0.25) is 0 Å². The summed E-state index contributed by atoms with van der Waals surface area (Å²) in [5, 5.41) is 15.9. The zero-order valence-electron chi connectivity index (χ0n) is 16.4. The minimum Gasteiger partial charge on any atom is -0.300 e. The molecule has 0 aliphatic carbocycles. The van der Waals surface area contributed by atoms with Crippen molar-refractivity contribution in [2.45, 2.75) is 31.2 Å². The van der Waals surface area contributed by atoms with Gasteiger partial charge in [0, 0.05) is 13.0 Å². The van der Waals surface area contributed by atoms with Gasteiger partial charge in [0.1, 0.15) is 11.2 Å². The highest BCUT2D eigenvalue weighted by atomic mass is 32.2. The first-order chi connectivity index (χ1) is 14.6. The van der Waals surface area contributed by atoms with Crippen LogP contribution in [0.5, 0.6) is 0 Å². The van der Waals surface area contributed by atoms with E-state index >= 15 is 0 Å². The Morgan fingerprint density at radius 2 is 2.03 bits per heavy atom. The molecule has 0 unspecified atom stereocenters. The van der Waals surface area contributed by atoms with Gasteiger partial charge in [0.2, 0.25) is 11.0 Å². The summed E-state index contributed by atoms with van der Waals surface area (Å²) in [7, 11) is 0. The van der Waals surface area contributed by atoms with E-state index in [1.54, 1.807) is 23.4 Å². The van der Waals surface area contributed by atoms with Crippen LogP contribution in [0.3, 0.4) is 0 Å². The van der Waals surface area contributed by atoms with Gasteiger partial charge in [-0.1, -0.05) is 48.2 Å². The van der Waals surface area contributed by atoms with Gasteiger partial charge in [-0.15, -0.1) is 10.2 Å². The molecule has 9 nitrogen and oxygen atoms in total. The highest BCUT2D eigenvalue weighted by molar-refractivity contribution is 8.01. The van der Waals surface area contributed by atoms with Gasteiger partial charge in [0.15, 0.2) is 9.99 Å². The summed E-state index contributed by atoms with van der Waals surface area (Å²) < 4.78 is 3.95. The second-order valence-electron chi connectivity index (χ2n) is 6.35. The molecule has 30 heavy (non-hydrogen) atoms. The van der Waals surface area contributed by atoms with Gasteiger partial charge in [0.05, 0.1) is 11.9 Å². The van der Waals surface area contributed by atoms with E-state index in [0.717, 1.165) is 15.8 Å². The van der Waals surface area contributed by atoms with Crippen molar-refractivity contribution in [2.24, 2.45) is 0 Å². The number of thioether (sulfide) groups is 1. The number of carbonyl (C=O) groups excluding carboxylic acids is 1. The normalized spacial score (nSPS) is 11.1. The van der Waals surface area contributed by atoms with Crippen molar-refractivity contribution >= 4 is 45.2 Å². The van der Waals surface area contributed by atoms with Crippen LogP contribution in [0.25, 0.3) is 16.7 Å². The van der Waals surface area contributed by atoms with Crippen molar-refractivity contribution in [1.82, 2.24) is 29.5 Å². The predicted octanol–water partition coefficient (Wildman–Crippen LogP) is 2.88. The van der Waals surface area contributed by atoms with Crippen LogP contribution in [0.15, 0.2) is 45.7 Å². The first-order valence-electron chi connectivity index (χ1n) is 9.33. The topological polar surface area (TPSA) is 108 Å². The Balaban J connectivity index is 1.51. The third kappa shape index (κ3) is 4.12. The van der Waals surface area contributed by atoms with E-state index in [4.69, 9.17) is 0 Å². The van der Waals surface area contributed by atoms with E-state index in [9.17, 15) is 9.59 Å². The SMILES string of the molecule is CCSc1nnc(NC(=O)CCn2c(C)nc3c(cnn3-c3ccccc3)c2=O)s1. The monoisotopic (exact) mass is 441 g/mol. The van der Waals surface area contributed by atoms with Gasteiger partial charge in [-0.3, -0.25) is 14.2 Å². The smallest absolute Gasteiger partial charge is 0.264 e. The fourth-order valence-corrected chi connectivity index (χ4v) is 4.63. The highest BCUT2D eigenvalue weighted by Crippen LogP contribution is 2.25. The molecule has 0 atom stereocenters. The molecule has 0 bridgehead atoms. The summed E-state index contributed by atoms with van der Waals surface area (Å²) in [6, 6.07) is 9.51. The summed E-state index contributed by atoms with van der Waals surface area (Å²) in [4.78, 5) is 29.8. The lowest BCUT2D eigenvalue weighted by atomic mass is 10.3. The van der Waals surface area contributed by atoms with Crippen LogP contribution >= 0.6 is 23.1 Å². The number of rotatable bonds is 7. The number of nitrogens with one attached hydrogen (secondary N) is 1. The van der Waals surface area contributed by atoms with Crippen LogP contribution in [0, 0.1) is 6.92 Å². The lowest BCUT2D eigenvalue weighted by Crippen LogP contribution is -2.26. The number of fused-ring (bicyclic) bond motifs is 1. The number of hydrogen-bond donors (Lipinski definition) is 1. The summed E-state index contributed by atoms with van der Waals surface area (Å²) in [5.74, 6) is 1.18. The van der Waals surface area contributed by atoms with Gasteiger partial charge in [0.25, 0.3) is 5.56 Å². The molecule has 3 heterocycles. The molecule has 0 fully saturated rings. The number of benzene rings is 1. The number of aryl methyl sites for hydroxylation is 1. The number of anilines is 1. The maximum atomic E-state index is 13.0. The number of para-hydroxylation sites is 1. The molecule has 0 aliphatic heterocycles.